The normalized spacial score (nSPS) is 27.0. The van der Waals surface area contributed by atoms with Crippen LogP contribution in [0.3, 0.4) is 0 Å². The minimum absolute atomic E-state index is 0.0314. The fraction of sp³-hybridized carbons (Fsp3) is 0.440. The van der Waals surface area contributed by atoms with Gasteiger partial charge in [-0.25, -0.2) is 9.59 Å². The second kappa shape index (κ2) is 6.72. The van der Waals surface area contributed by atoms with Gasteiger partial charge in [0, 0.05) is 5.92 Å². The Morgan fingerprint density at radius 3 is 2.21 bits per heavy atom. The van der Waals surface area contributed by atoms with E-state index in [1.54, 1.807) is 12.1 Å². The van der Waals surface area contributed by atoms with Crippen molar-refractivity contribution >= 4 is 28.3 Å². The number of ether oxygens (including phenoxy) is 2. The van der Waals surface area contributed by atoms with E-state index in [-0.39, 0.29) is 28.9 Å². The van der Waals surface area contributed by atoms with Crippen molar-refractivity contribution in [2.75, 3.05) is 7.11 Å². The number of carbonyl (C=O) groups excluding carboxylic acids is 2. The molecule has 2 aliphatic rings. The summed E-state index contributed by atoms with van der Waals surface area (Å²) >= 11 is 0. The van der Waals surface area contributed by atoms with Crippen molar-refractivity contribution in [3.8, 4) is 0 Å². The highest BCUT2D eigenvalue weighted by Crippen LogP contribution is 2.66. The van der Waals surface area contributed by atoms with E-state index in [4.69, 9.17) is 9.47 Å². The van der Waals surface area contributed by atoms with Crippen LogP contribution >= 0.6 is 0 Å². The maximum absolute atomic E-state index is 12.8. The first-order valence-electron chi connectivity index (χ1n) is 10.2. The van der Waals surface area contributed by atoms with E-state index >= 15 is 0 Å². The molecule has 0 saturated heterocycles. The molecule has 4 heteroatoms. The number of hydrogen-bond donors (Lipinski definition) is 0. The molecule has 0 aromatic heterocycles. The molecular weight excluding hydrogens is 364 g/mol. The van der Waals surface area contributed by atoms with Gasteiger partial charge in [0.15, 0.2) is 0 Å². The molecule has 3 unspecified atom stereocenters. The molecule has 4 rings (SSSR count). The Morgan fingerprint density at radius 2 is 1.66 bits per heavy atom. The summed E-state index contributed by atoms with van der Waals surface area (Å²) in [7, 11) is 1.36. The van der Waals surface area contributed by atoms with E-state index < -0.39 is 0 Å². The highest BCUT2D eigenvalue weighted by molar-refractivity contribution is 6.16. The van der Waals surface area contributed by atoms with E-state index in [1.807, 2.05) is 24.3 Å². The number of methoxy groups -OCH3 is 1. The minimum Gasteiger partial charge on any atom is -0.465 e. The van der Waals surface area contributed by atoms with Crippen LogP contribution in [0.5, 0.6) is 0 Å². The van der Waals surface area contributed by atoms with Crippen LogP contribution in [0.25, 0.3) is 16.3 Å². The Hall–Kier alpha value is -2.62. The predicted octanol–water partition coefficient (Wildman–Crippen LogP) is 5.40. The fourth-order valence-electron chi connectivity index (χ4n) is 5.34. The molecule has 0 spiro atoms. The molecule has 29 heavy (non-hydrogen) atoms. The lowest BCUT2D eigenvalue weighted by Crippen LogP contribution is -2.28. The molecule has 2 aromatic carbocycles. The monoisotopic (exact) mass is 392 g/mol. The highest BCUT2D eigenvalue weighted by Gasteiger charge is 2.61. The summed E-state index contributed by atoms with van der Waals surface area (Å²) < 4.78 is 10.7. The number of fused-ring (bicyclic) bond motifs is 3. The molecule has 0 aliphatic heterocycles. The van der Waals surface area contributed by atoms with Gasteiger partial charge in [0.05, 0.1) is 18.2 Å². The average molecular weight is 392 g/mol. The van der Waals surface area contributed by atoms with Crippen LogP contribution in [0, 0.1) is 16.7 Å². The molecule has 0 heterocycles. The van der Waals surface area contributed by atoms with E-state index in [9.17, 15) is 9.59 Å². The minimum atomic E-state index is -0.369. The zero-order chi connectivity index (χ0) is 21.0. The zero-order valence-electron chi connectivity index (χ0n) is 17.6. The lowest BCUT2D eigenvalue weighted by atomic mass is 9.71. The number of esters is 2. The third kappa shape index (κ3) is 3.06. The van der Waals surface area contributed by atoms with Crippen molar-refractivity contribution in [3.05, 3.63) is 54.1 Å². The summed E-state index contributed by atoms with van der Waals surface area (Å²) in [5.74, 6) is -0.295. The molecule has 0 radical (unpaired) electrons. The smallest absolute Gasteiger partial charge is 0.338 e. The number of benzene rings is 2. The van der Waals surface area contributed by atoms with Gasteiger partial charge < -0.3 is 9.47 Å². The lowest BCUT2D eigenvalue weighted by Gasteiger charge is -2.33. The Labute approximate surface area is 171 Å². The third-order valence-corrected chi connectivity index (χ3v) is 7.70. The van der Waals surface area contributed by atoms with Crippen molar-refractivity contribution in [2.24, 2.45) is 16.7 Å². The van der Waals surface area contributed by atoms with E-state index in [1.165, 1.54) is 13.5 Å². The zero-order valence-corrected chi connectivity index (χ0v) is 17.6. The number of hydrogen-bond acceptors (Lipinski definition) is 4. The summed E-state index contributed by atoms with van der Waals surface area (Å²) in [5, 5.41) is 1.83. The van der Waals surface area contributed by atoms with Crippen LogP contribution in [0.1, 0.15) is 56.0 Å². The first kappa shape index (κ1) is 19.7. The van der Waals surface area contributed by atoms with Crippen molar-refractivity contribution < 1.29 is 19.1 Å². The van der Waals surface area contributed by atoms with Gasteiger partial charge in [0.1, 0.15) is 6.10 Å². The van der Waals surface area contributed by atoms with Crippen molar-refractivity contribution in [3.63, 3.8) is 0 Å². The average Bonchev–Trinajstić information content (AvgIpc) is 3.04. The van der Waals surface area contributed by atoms with Gasteiger partial charge in [-0.3, -0.25) is 0 Å². The lowest BCUT2D eigenvalue weighted by molar-refractivity contribution is -0.144. The van der Waals surface area contributed by atoms with Crippen LogP contribution in [0.4, 0.5) is 0 Å². The topological polar surface area (TPSA) is 52.6 Å². The van der Waals surface area contributed by atoms with Crippen molar-refractivity contribution in [2.45, 2.75) is 46.1 Å². The van der Waals surface area contributed by atoms with E-state index in [0.717, 1.165) is 29.2 Å². The third-order valence-electron chi connectivity index (χ3n) is 7.70. The summed E-state index contributed by atoms with van der Waals surface area (Å²) in [5.41, 5.74) is 2.04. The van der Waals surface area contributed by atoms with Crippen LogP contribution in [0.15, 0.2) is 43.0 Å². The first-order chi connectivity index (χ1) is 13.7. The summed E-state index contributed by atoms with van der Waals surface area (Å²) in [6, 6.07) is 11.0. The molecule has 2 aromatic rings. The van der Waals surface area contributed by atoms with Crippen LogP contribution in [-0.2, 0) is 14.3 Å². The number of carbonyl (C=O) groups is 2. The van der Waals surface area contributed by atoms with E-state index in [2.05, 4.69) is 27.4 Å². The van der Waals surface area contributed by atoms with Crippen molar-refractivity contribution in [1.29, 1.82) is 0 Å². The quantitative estimate of drug-likeness (QED) is 0.516. The summed E-state index contributed by atoms with van der Waals surface area (Å²) in [4.78, 5) is 24.5. The maximum atomic E-state index is 12.8. The fourth-order valence-corrected chi connectivity index (χ4v) is 5.34. The predicted molar refractivity (Wildman–Crippen MR) is 113 cm³/mol. The van der Waals surface area contributed by atoms with Gasteiger partial charge in [-0.15, -0.1) is 0 Å². The molecule has 0 N–H and O–H groups in total. The van der Waals surface area contributed by atoms with Gasteiger partial charge in [0.2, 0.25) is 0 Å². The van der Waals surface area contributed by atoms with Gasteiger partial charge in [0.25, 0.3) is 0 Å². The molecule has 2 aliphatic carbocycles. The largest absolute Gasteiger partial charge is 0.465 e. The van der Waals surface area contributed by atoms with Crippen LogP contribution in [-0.4, -0.2) is 25.2 Å². The van der Waals surface area contributed by atoms with Gasteiger partial charge in [-0.2, -0.15) is 0 Å². The standard InChI is InChI=1S/C25H28O4/c1-15(22(26)29-21-14-25(4)11-10-20(21)24(25,2)3)16-6-7-18-13-19(23(27)28-5)9-8-17(18)12-16/h6-9,12-13,20-21H,1,10-11,14H2,2-5H3. The highest BCUT2D eigenvalue weighted by atomic mass is 16.5. The molecule has 4 nitrogen and oxygen atoms in total. The molecule has 2 bridgehead atoms. The molecule has 152 valence electrons. The Morgan fingerprint density at radius 1 is 1.03 bits per heavy atom. The SMILES string of the molecule is C=C(C(=O)OC1CC2(C)CCC1C2(C)C)c1ccc2cc(C(=O)OC)ccc2c1. The van der Waals surface area contributed by atoms with Crippen molar-refractivity contribution in [1.82, 2.24) is 0 Å². The van der Waals surface area contributed by atoms with Gasteiger partial charge in [-0.1, -0.05) is 45.5 Å². The molecule has 2 fully saturated rings. The Balaban J connectivity index is 1.51. The molecular formula is C25H28O4. The second-order valence-electron chi connectivity index (χ2n) is 9.32. The molecule has 2 saturated carbocycles. The Kier molecular flexibility index (Phi) is 4.56. The number of rotatable bonds is 4. The van der Waals surface area contributed by atoms with Gasteiger partial charge in [-0.05, 0) is 64.6 Å². The molecule has 0 amide bonds. The summed E-state index contributed by atoms with van der Waals surface area (Å²) in [6.07, 6.45) is 3.22. The van der Waals surface area contributed by atoms with Crippen LogP contribution < -0.4 is 0 Å². The summed E-state index contributed by atoms with van der Waals surface area (Å²) in [6.45, 7) is 10.9. The maximum Gasteiger partial charge on any atom is 0.338 e. The van der Waals surface area contributed by atoms with Gasteiger partial charge >= 0.3 is 11.9 Å². The molecule has 3 atom stereocenters. The second-order valence-corrected chi connectivity index (χ2v) is 9.32. The first-order valence-corrected chi connectivity index (χ1v) is 10.2. The van der Waals surface area contributed by atoms with E-state index in [0.29, 0.717) is 17.1 Å². The van der Waals surface area contributed by atoms with Crippen LogP contribution in [0.2, 0.25) is 0 Å². The Bertz CT molecular complexity index is 1020.